The minimum absolute atomic E-state index is 0.0339. The molecule has 158 valence electrons. The van der Waals surface area contributed by atoms with Crippen molar-refractivity contribution in [3.05, 3.63) is 83.1 Å². The molecule has 0 unspecified atom stereocenters. The van der Waals surface area contributed by atoms with Crippen molar-refractivity contribution in [2.45, 2.75) is 20.8 Å². The molecular formula is C25H25ClN4O. The number of nitrogens with one attached hydrogen (secondary N) is 1. The number of anilines is 1. The Labute approximate surface area is 187 Å². The maximum Gasteiger partial charge on any atom is 0.255 e. The molecule has 0 aliphatic heterocycles. The van der Waals surface area contributed by atoms with Gasteiger partial charge in [-0.25, -0.2) is 0 Å². The van der Waals surface area contributed by atoms with Gasteiger partial charge in [-0.1, -0.05) is 41.9 Å². The van der Waals surface area contributed by atoms with E-state index in [-0.39, 0.29) is 5.91 Å². The van der Waals surface area contributed by atoms with E-state index in [2.05, 4.69) is 10.4 Å². The molecule has 0 saturated heterocycles. The van der Waals surface area contributed by atoms with Gasteiger partial charge in [-0.15, -0.1) is 0 Å². The van der Waals surface area contributed by atoms with E-state index < -0.39 is 0 Å². The Balaban J connectivity index is 1.86. The number of benzene rings is 2. The molecule has 0 radical (unpaired) electrons. The highest BCUT2D eigenvalue weighted by Crippen LogP contribution is 2.30. The summed E-state index contributed by atoms with van der Waals surface area (Å²) in [6.07, 6.45) is 1.75. The average Bonchev–Trinajstić information content (AvgIpc) is 3.11. The van der Waals surface area contributed by atoms with E-state index in [1.165, 1.54) is 0 Å². The van der Waals surface area contributed by atoms with E-state index in [9.17, 15) is 4.79 Å². The molecule has 5 nitrogen and oxygen atoms in total. The molecule has 31 heavy (non-hydrogen) atoms. The monoisotopic (exact) mass is 432 g/mol. The standard InChI is InChI=1S/C25H25ClN4O/c1-4-29(5-2)25(31)21-16-24(18-9-7-6-8-10-18)30(17(21)3)28-22-13-14-27-23-15-19(26)11-12-20(22)23/h6-16H,4-5H2,1-3H3,(H,27,28). The summed E-state index contributed by atoms with van der Waals surface area (Å²) < 4.78 is 1.98. The predicted octanol–water partition coefficient (Wildman–Crippen LogP) is 6.02. The number of amides is 1. The summed E-state index contributed by atoms with van der Waals surface area (Å²) in [5, 5.41) is 1.60. The Morgan fingerprint density at radius 1 is 1.06 bits per heavy atom. The topological polar surface area (TPSA) is 50.2 Å². The molecule has 1 amide bonds. The van der Waals surface area contributed by atoms with Crippen LogP contribution in [-0.2, 0) is 0 Å². The first-order valence-electron chi connectivity index (χ1n) is 10.4. The van der Waals surface area contributed by atoms with Crippen LogP contribution in [0.1, 0.15) is 29.9 Å². The molecule has 4 rings (SSSR count). The molecule has 0 bridgehead atoms. The van der Waals surface area contributed by atoms with Gasteiger partial charge >= 0.3 is 0 Å². The van der Waals surface area contributed by atoms with Gasteiger partial charge in [-0.2, -0.15) is 0 Å². The third-order valence-electron chi connectivity index (χ3n) is 5.53. The molecule has 2 aromatic carbocycles. The van der Waals surface area contributed by atoms with Crippen LogP contribution in [0.25, 0.3) is 22.2 Å². The van der Waals surface area contributed by atoms with Crippen LogP contribution < -0.4 is 5.43 Å². The predicted molar refractivity (Wildman–Crippen MR) is 128 cm³/mol. The fourth-order valence-corrected chi connectivity index (χ4v) is 3.98. The zero-order valence-electron chi connectivity index (χ0n) is 17.9. The van der Waals surface area contributed by atoms with Crippen LogP contribution in [0.3, 0.4) is 0 Å². The van der Waals surface area contributed by atoms with E-state index >= 15 is 0 Å². The smallest absolute Gasteiger partial charge is 0.255 e. The van der Waals surface area contributed by atoms with Crippen molar-refractivity contribution in [1.29, 1.82) is 0 Å². The molecule has 0 saturated carbocycles. The number of aromatic nitrogens is 2. The highest BCUT2D eigenvalue weighted by molar-refractivity contribution is 6.31. The number of fused-ring (bicyclic) bond motifs is 1. The van der Waals surface area contributed by atoms with Crippen LogP contribution in [0.2, 0.25) is 5.02 Å². The number of carbonyl (C=O) groups is 1. The highest BCUT2D eigenvalue weighted by atomic mass is 35.5. The van der Waals surface area contributed by atoms with Crippen LogP contribution in [-0.4, -0.2) is 33.6 Å². The summed E-state index contributed by atoms with van der Waals surface area (Å²) in [5.41, 5.74) is 8.71. The quantitative estimate of drug-likeness (QED) is 0.405. The zero-order chi connectivity index (χ0) is 22.0. The van der Waals surface area contributed by atoms with Gasteiger partial charge in [0.1, 0.15) is 0 Å². The lowest BCUT2D eigenvalue weighted by molar-refractivity contribution is 0.0772. The lowest BCUT2D eigenvalue weighted by Crippen LogP contribution is -2.30. The Hall–Kier alpha value is -3.31. The molecule has 0 aliphatic carbocycles. The summed E-state index contributed by atoms with van der Waals surface area (Å²) in [7, 11) is 0. The van der Waals surface area contributed by atoms with Gasteiger partial charge in [-0.05, 0) is 51.1 Å². The summed E-state index contributed by atoms with van der Waals surface area (Å²) in [5.74, 6) is 0.0339. The van der Waals surface area contributed by atoms with Gasteiger partial charge in [0.15, 0.2) is 0 Å². The van der Waals surface area contributed by atoms with Gasteiger partial charge in [0.2, 0.25) is 0 Å². The molecule has 4 aromatic rings. The molecule has 0 aliphatic rings. The number of hydrogen-bond donors (Lipinski definition) is 1. The summed E-state index contributed by atoms with van der Waals surface area (Å²) in [6.45, 7) is 7.31. The van der Waals surface area contributed by atoms with Crippen LogP contribution in [0.4, 0.5) is 5.69 Å². The first kappa shape index (κ1) is 20.9. The lowest BCUT2D eigenvalue weighted by Gasteiger charge is -2.19. The van der Waals surface area contributed by atoms with Crippen LogP contribution >= 0.6 is 11.6 Å². The van der Waals surface area contributed by atoms with Gasteiger partial charge in [0, 0.05) is 35.3 Å². The second kappa shape index (κ2) is 8.82. The molecule has 0 atom stereocenters. The average molecular weight is 433 g/mol. The Bertz CT molecular complexity index is 1230. The number of carbonyl (C=O) groups excluding carboxylic acids is 1. The van der Waals surface area contributed by atoms with Crippen molar-refractivity contribution >= 4 is 34.1 Å². The molecule has 0 spiro atoms. The molecule has 6 heteroatoms. The minimum Gasteiger partial charge on any atom is -0.339 e. The zero-order valence-corrected chi connectivity index (χ0v) is 18.6. The molecule has 2 aromatic heterocycles. The third-order valence-corrected chi connectivity index (χ3v) is 5.77. The maximum absolute atomic E-state index is 13.2. The van der Waals surface area contributed by atoms with Crippen LogP contribution in [0.15, 0.2) is 66.9 Å². The largest absolute Gasteiger partial charge is 0.339 e. The number of nitrogens with zero attached hydrogens (tertiary/aromatic N) is 3. The molecule has 1 N–H and O–H groups in total. The Kier molecular flexibility index (Phi) is 5.96. The van der Waals surface area contributed by atoms with E-state index in [0.29, 0.717) is 23.7 Å². The summed E-state index contributed by atoms with van der Waals surface area (Å²) in [6, 6.07) is 19.6. The lowest BCUT2D eigenvalue weighted by atomic mass is 10.1. The van der Waals surface area contributed by atoms with Gasteiger partial charge < -0.3 is 4.90 Å². The van der Waals surface area contributed by atoms with E-state index in [4.69, 9.17) is 11.6 Å². The normalized spacial score (nSPS) is 11.0. The molecule has 0 fully saturated rings. The second-order valence-electron chi connectivity index (χ2n) is 7.34. The van der Waals surface area contributed by atoms with E-state index in [1.54, 1.807) is 6.20 Å². The highest BCUT2D eigenvalue weighted by Gasteiger charge is 2.22. The van der Waals surface area contributed by atoms with Crippen LogP contribution in [0, 0.1) is 6.92 Å². The SMILES string of the molecule is CCN(CC)C(=O)c1cc(-c2ccccc2)n(Nc2ccnc3cc(Cl)ccc23)c1C. The number of rotatable bonds is 6. The van der Waals surface area contributed by atoms with Crippen molar-refractivity contribution < 1.29 is 4.79 Å². The van der Waals surface area contributed by atoms with Crippen molar-refractivity contribution in [2.75, 3.05) is 18.5 Å². The molecular weight excluding hydrogens is 408 g/mol. The minimum atomic E-state index is 0.0339. The summed E-state index contributed by atoms with van der Waals surface area (Å²) >= 11 is 6.15. The van der Waals surface area contributed by atoms with Gasteiger partial charge in [-0.3, -0.25) is 19.9 Å². The van der Waals surface area contributed by atoms with Crippen molar-refractivity contribution in [3.8, 4) is 11.3 Å². The Morgan fingerprint density at radius 3 is 2.52 bits per heavy atom. The first-order chi connectivity index (χ1) is 15.0. The Morgan fingerprint density at radius 2 is 1.81 bits per heavy atom. The van der Waals surface area contributed by atoms with Crippen molar-refractivity contribution in [3.63, 3.8) is 0 Å². The van der Waals surface area contributed by atoms with Crippen molar-refractivity contribution in [2.24, 2.45) is 0 Å². The van der Waals surface area contributed by atoms with E-state index in [0.717, 1.165) is 33.5 Å². The van der Waals surface area contributed by atoms with Gasteiger partial charge in [0.25, 0.3) is 5.91 Å². The van der Waals surface area contributed by atoms with E-state index in [1.807, 2.05) is 91.0 Å². The number of halogens is 1. The molecule has 2 heterocycles. The van der Waals surface area contributed by atoms with Crippen LogP contribution in [0.5, 0.6) is 0 Å². The van der Waals surface area contributed by atoms with Crippen molar-refractivity contribution in [1.82, 2.24) is 14.6 Å². The summed E-state index contributed by atoms with van der Waals surface area (Å²) in [4.78, 5) is 19.5. The maximum atomic E-state index is 13.2. The number of pyridine rings is 1. The first-order valence-corrected chi connectivity index (χ1v) is 10.8. The fourth-order valence-electron chi connectivity index (χ4n) is 3.81. The van der Waals surface area contributed by atoms with Gasteiger partial charge in [0.05, 0.1) is 28.2 Å². The third kappa shape index (κ3) is 4.01. The second-order valence-corrected chi connectivity index (χ2v) is 7.78. The fraction of sp³-hybridized carbons (Fsp3) is 0.200. The number of hydrogen-bond acceptors (Lipinski definition) is 3.